The Morgan fingerprint density at radius 3 is 2.55 bits per heavy atom. The van der Waals surface area contributed by atoms with E-state index in [2.05, 4.69) is 33.3 Å². The largest absolute Gasteiger partial charge is 0.349 e. The average molecular weight is 390 g/mol. The molecule has 150 valence electrons. The van der Waals surface area contributed by atoms with Gasteiger partial charge in [-0.05, 0) is 49.1 Å². The molecule has 6 heteroatoms. The summed E-state index contributed by atoms with van der Waals surface area (Å²) >= 11 is 0. The first-order valence-corrected chi connectivity index (χ1v) is 10.3. The third kappa shape index (κ3) is 4.90. The number of rotatable bonds is 6. The highest BCUT2D eigenvalue weighted by Crippen LogP contribution is 2.20. The van der Waals surface area contributed by atoms with E-state index in [1.165, 1.54) is 5.56 Å². The number of pyridine rings is 1. The van der Waals surface area contributed by atoms with E-state index in [0.29, 0.717) is 5.56 Å². The van der Waals surface area contributed by atoms with Gasteiger partial charge in [-0.1, -0.05) is 18.2 Å². The van der Waals surface area contributed by atoms with E-state index >= 15 is 0 Å². The lowest BCUT2D eigenvalue weighted by atomic mass is 10.0. The number of nitrogens with one attached hydrogen (secondary N) is 1. The van der Waals surface area contributed by atoms with Crippen molar-refractivity contribution in [2.24, 2.45) is 0 Å². The molecular formula is C23H27N5O. The zero-order valence-corrected chi connectivity index (χ0v) is 16.8. The predicted molar refractivity (Wildman–Crippen MR) is 113 cm³/mol. The van der Waals surface area contributed by atoms with Crippen LogP contribution in [0.3, 0.4) is 0 Å². The van der Waals surface area contributed by atoms with Crippen molar-refractivity contribution in [2.75, 3.05) is 13.1 Å². The molecule has 3 heterocycles. The lowest BCUT2D eigenvalue weighted by molar-refractivity contribution is 0.0909. The van der Waals surface area contributed by atoms with Crippen LogP contribution in [0, 0.1) is 0 Å². The molecule has 1 amide bonds. The van der Waals surface area contributed by atoms with Crippen LogP contribution < -0.4 is 5.32 Å². The Morgan fingerprint density at radius 1 is 1.10 bits per heavy atom. The highest BCUT2D eigenvalue weighted by atomic mass is 16.1. The molecule has 1 aliphatic heterocycles. The summed E-state index contributed by atoms with van der Waals surface area (Å²) in [4.78, 5) is 19.2. The molecule has 1 saturated heterocycles. The first kappa shape index (κ1) is 19.3. The van der Waals surface area contributed by atoms with Crippen LogP contribution in [0.1, 0.15) is 35.7 Å². The van der Waals surface area contributed by atoms with Gasteiger partial charge in [0.15, 0.2) is 0 Å². The first-order valence-electron chi connectivity index (χ1n) is 10.3. The van der Waals surface area contributed by atoms with E-state index < -0.39 is 0 Å². The van der Waals surface area contributed by atoms with E-state index in [0.717, 1.165) is 50.1 Å². The summed E-state index contributed by atoms with van der Waals surface area (Å²) in [7, 11) is 0. The van der Waals surface area contributed by atoms with Crippen LogP contribution in [0.15, 0.2) is 61.2 Å². The minimum atomic E-state index is 0.00603. The van der Waals surface area contributed by atoms with Crippen molar-refractivity contribution in [3.05, 3.63) is 72.3 Å². The molecule has 0 spiro atoms. The van der Waals surface area contributed by atoms with Gasteiger partial charge in [-0.25, -0.2) is 0 Å². The standard InChI is InChI=1S/C23H27N5O/c1-2-28-17-21(15-25-28)19-5-7-20(8-6-19)23(29)26-22-9-12-27(13-10-22)16-18-4-3-11-24-14-18/h3-8,11,14-15,17,22H,2,9-10,12-13,16H2,1H3,(H,26,29). The maximum Gasteiger partial charge on any atom is 0.251 e. The fourth-order valence-corrected chi connectivity index (χ4v) is 3.75. The second kappa shape index (κ2) is 9.01. The molecule has 0 bridgehead atoms. The third-order valence-corrected chi connectivity index (χ3v) is 5.49. The Labute approximate surface area is 171 Å². The van der Waals surface area contributed by atoms with Crippen LogP contribution >= 0.6 is 0 Å². The Balaban J connectivity index is 1.28. The molecule has 2 aromatic heterocycles. The van der Waals surface area contributed by atoms with Gasteiger partial charge >= 0.3 is 0 Å². The summed E-state index contributed by atoms with van der Waals surface area (Å²) < 4.78 is 1.90. The first-order chi connectivity index (χ1) is 14.2. The Hall–Kier alpha value is -2.99. The quantitative estimate of drug-likeness (QED) is 0.702. The Morgan fingerprint density at radius 2 is 1.90 bits per heavy atom. The van der Waals surface area contributed by atoms with Crippen LogP contribution in [-0.4, -0.2) is 44.7 Å². The summed E-state index contributed by atoms with van der Waals surface area (Å²) in [6, 6.07) is 12.1. The van der Waals surface area contributed by atoms with Gasteiger partial charge in [0.2, 0.25) is 0 Å². The fourth-order valence-electron chi connectivity index (χ4n) is 3.75. The second-order valence-electron chi connectivity index (χ2n) is 7.55. The SMILES string of the molecule is CCn1cc(-c2ccc(C(=O)NC3CCN(Cc4cccnc4)CC3)cc2)cn1. The monoisotopic (exact) mass is 389 g/mol. The van der Waals surface area contributed by atoms with Gasteiger partial charge in [0.05, 0.1) is 6.20 Å². The van der Waals surface area contributed by atoms with Crippen LogP contribution in [-0.2, 0) is 13.1 Å². The average Bonchev–Trinajstić information content (AvgIpc) is 3.25. The minimum absolute atomic E-state index is 0.00603. The van der Waals surface area contributed by atoms with Crippen molar-refractivity contribution in [3.8, 4) is 11.1 Å². The number of hydrogen-bond acceptors (Lipinski definition) is 4. The van der Waals surface area contributed by atoms with E-state index in [-0.39, 0.29) is 11.9 Å². The third-order valence-electron chi connectivity index (χ3n) is 5.49. The summed E-state index contributed by atoms with van der Waals surface area (Å²) in [5, 5.41) is 7.51. The minimum Gasteiger partial charge on any atom is -0.349 e. The molecule has 1 aromatic carbocycles. The van der Waals surface area contributed by atoms with Crippen molar-refractivity contribution in [2.45, 2.75) is 38.9 Å². The molecule has 0 radical (unpaired) electrons. The van der Waals surface area contributed by atoms with E-state index in [1.807, 2.05) is 53.6 Å². The van der Waals surface area contributed by atoms with Gasteiger partial charge in [-0.3, -0.25) is 19.4 Å². The number of aromatic nitrogens is 3. The number of aryl methyl sites for hydroxylation is 1. The predicted octanol–water partition coefficient (Wildman–Crippen LogP) is 3.36. The van der Waals surface area contributed by atoms with Gasteiger partial charge in [-0.15, -0.1) is 0 Å². The highest BCUT2D eigenvalue weighted by molar-refractivity contribution is 5.94. The number of carbonyl (C=O) groups is 1. The van der Waals surface area contributed by atoms with E-state index in [1.54, 1.807) is 6.20 Å². The van der Waals surface area contributed by atoms with Crippen molar-refractivity contribution in [1.29, 1.82) is 0 Å². The lowest BCUT2D eigenvalue weighted by Crippen LogP contribution is -2.44. The zero-order valence-electron chi connectivity index (χ0n) is 16.8. The second-order valence-corrected chi connectivity index (χ2v) is 7.55. The molecule has 0 unspecified atom stereocenters. The number of carbonyl (C=O) groups excluding carboxylic acids is 1. The maximum absolute atomic E-state index is 12.6. The molecule has 1 fully saturated rings. The number of amides is 1. The maximum atomic E-state index is 12.6. The number of piperidine rings is 1. The molecule has 0 atom stereocenters. The van der Waals surface area contributed by atoms with Gasteiger partial charge < -0.3 is 5.32 Å². The van der Waals surface area contributed by atoms with Crippen molar-refractivity contribution >= 4 is 5.91 Å². The summed E-state index contributed by atoms with van der Waals surface area (Å²) in [6.07, 6.45) is 9.55. The molecule has 6 nitrogen and oxygen atoms in total. The Kier molecular flexibility index (Phi) is 6.00. The summed E-state index contributed by atoms with van der Waals surface area (Å²) in [6.45, 7) is 5.81. The molecule has 1 N–H and O–H groups in total. The van der Waals surface area contributed by atoms with Crippen molar-refractivity contribution < 1.29 is 4.79 Å². The van der Waals surface area contributed by atoms with Gasteiger partial charge in [0.1, 0.15) is 0 Å². The fraction of sp³-hybridized carbons (Fsp3) is 0.348. The van der Waals surface area contributed by atoms with Crippen LogP contribution in [0.5, 0.6) is 0 Å². The molecule has 0 saturated carbocycles. The zero-order chi connectivity index (χ0) is 20.1. The molecular weight excluding hydrogens is 362 g/mol. The molecule has 4 rings (SSSR count). The van der Waals surface area contributed by atoms with E-state index in [9.17, 15) is 4.79 Å². The number of benzene rings is 1. The molecule has 3 aromatic rings. The normalized spacial score (nSPS) is 15.3. The van der Waals surface area contributed by atoms with Gasteiger partial charge in [0.25, 0.3) is 5.91 Å². The highest BCUT2D eigenvalue weighted by Gasteiger charge is 2.21. The van der Waals surface area contributed by atoms with Crippen LogP contribution in [0.2, 0.25) is 0 Å². The van der Waals surface area contributed by atoms with E-state index in [4.69, 9.17) is 0 Å². The van der Waals surface area contributed by atoms with Crippen LogP contribution in [0.25, 0.3) is 11.1 Å². The van der Waals surface area contributed by atoms with Crippen molar-refractivity contribution in [3.63, 3.8) is 0 Å². The summed E-state index contributed by atoms with van der Waals surface area (Å²) in [5.41, 5.74) is 4.08. The van der Waals surface area contributed by atoms with Gasteiger partial charge in [0, 0.05) is 61.9 Å². The molecule has 0 aliphatic carbocycles. The smallest absolute Gasteiger partial charge is 0.251 e. The molecule has 1 aliphatic rings. The lowest BCUT2D eigenvalue weighted by Gasteiger charge is -2.32. The molecule has 29 heavy (non-hydrogen) atoms. The van der Waals surface area contributed by atoms with Crippen LogP contribution in [0.4, 0.5) is 0 Å². The number of likely N-dealkylation sites (tertiary alicyclic amines) is 1. The summed E-state index contributed by atoms with van der Waals surface area (Å²) in [5.74, 6) is 0.00603. The van der Waals surface area contributed by atoms with Crippen molar-refractivity contribution in [1.82, 2.24) is 25.0 Å². The van der Waals surface area contributed by atoms with Gasteiger partial charge in [-0.2, -0.15) is 5.10 Å². The number of nitrogens with zero attached hydrogens (tertiary/aromatic N) is 4. The topological polar surface area (TPSA) is 63.1 Å². The Bertz CT molecular complexity index is 927. The number of hydrogen-bond donors (Lipinski definition) is 1.